The number of esters is 2. The molecular weight excluding hydrogens is 480 g/mol. The van der Waals surface area contributed by atoms with Crippen molar-refractivity contribution < 1.29 is 23.9 Å². The summed E-state index contributed by atoms with van der Waals surface area (Å²) in [5.41, 5.74) is 3.98. The van der Waals surface area contributed by atoms with Crippen molar-refractivity contribution in [3.05, 3.63) is 63.7 Å². The smallest absolute Gasteiger partial charge is 0.309 e. The molecule has 0 aliphatic carbocycles. The van der Waals surface area contributed by atoms with Gasteiger partial charge in [0.1, 0.15) is 0 Å². The van der Waals surface area contributed by atoms with Crippen LogP contribution in [0.1, 0.15) is 73.5 Å². The van der Waals surface area contributed by atoms with Gasteiger partial charge in [0.15, 0.2) is 5.78 Å². The van der Waals surface area contributed by atoms with Crippen LogP contribution in [0, 0.1) is 5.41 Å². The van der Waals surface area contributed by atoms with Crippen LogP contribution in [0.15, 0.2) is 36.4 Å². The molecule has 0 unspecified atom stereocenters. The number of fused-ring (bicyclic) bond motifs is 2. The van der Waals surface area contributed by atoms with Crippen molar-refractivity contribution in [2.24, 2.45) is 5.41 Å². The molecule has 0 saturated carbocycles. The van der Waals surface area contributed by atoms with Gasteiger partial charge in [-0.2, -0.15) is 0 Å². The lowest BCUT2D eigenvalue weighted by molar-refractivity contribution is -0.225. The summed E-state index contributed by atoms with van der Waals surface area (Å²) in [6.07, 6.45) is 1.95. The van der Waals surface area contributed by atoms with Gasteiger partial charge in [0, 0.05) is 24.1 Å². The van der Waals surface area contributed by atoms with Crippen LogP contribution in [-0.4, -0.2) is 30.8 Å². The maximum Gasteiger partial charge on any atom is 0.309 e. The zero-order valence-corrected chi connectivity index (χ0v) is 21.8. The molecule has 0 aromatic heterocycles. The minimum absolute atomic E-state index is 0.0106. The maximum atomic E-state index is 12.5. The van der Waals surface area contributed by atoms with Gasteiger partial charge in [-0.25, -0.2) is 0 Å². The van der Waals surface area contributed by atoms with Crippen LogP contribution in [0.4, 0.5) is 5.69 Å². The number of benzene rings is 2. The summed E-state index contributed by atoms with van der Waals surface area (Å²) in [4.78, 5) is 37.1. The molecule has 1 saturated heterocycles. The fourth-order valence-electron chi connectivity index (χ4n) is 4.50. The van der Waals surface area contributed by atoms with E-state index in [2.05, 4.69) is 31.4 Å². The number of hydrogen-bond donors (Lipinski definition) is 2. The van der Waals surface area contributed by atoms with Crippen molar-refractivity contribution >= 4 is 35.0 Å². The van der Waals surface area contributed by atoms with Crippen LogP contribution >= 0.6 is 11.6 Å². The third kappa shape index (κ3) is 6.08. The average molecular weight is 513 g/mol. The third-order valence-electron chi connectivity index (χ3n) is 6.52. The van der Waals surface area contributed by atoms with E-state index in [1.165, 1.54) is 0 Å². The molecule has 2 heterocycles. The number of Topliss-reactive ketones (excluding diaryl/α,β-unsaturated/α-hetero) is 1. The minimum atomic E-state index is -1.52. The zero-order valence-electron chi connectivity index (χ0n) is 21.0. The fraction of sp³-hybridized carbons (Fsp3) is 0.464. The Kier molecular flexibility index (Phi) is 7.71. The number of nitrogens with one attached hydrogen (secondary N) is 2. The highest BCUT2D eigenvalue weighted by Gasteiger charge is 2.46. The summed E-state index contributed by atoms with van der Waals surface area (Å²) >= 11 is 6.59. The summed E-state index contributed by atoms with van der Waals surface area (Å²) in [6.45, 7) is 7.64. The molecule has 2 aromatic carbocycles. The van der Waals surface area contributed by atoms with E-state index in [4.69, 9.17) is 21.1 Å². The van der Waals surface area contributed by atoms with E-state index in [0.29, 0.717) is 47.8 Å². The molecule has 1 fully saturated rings. The van der Waals surface area contributed by atoms with E-state index >= 15 is 0 Å². The Balaban J connectivity index is 1.54. The third-order valence-corrected chi connectivity index (χ3v) is 6.83. The number of anilines is 1. The number of rotatable bonds is 6. The highest BCUT2D eigenvalue weighted by Crippen LogP contribution is 2.40. The predicted molar refractivity (Wildman–Crippen MR) is 138 cm³/mol. The van der Waals surface area contributed by atoms with Gasteiger partial charge in [-0.3, -0.25) is 14.4 Å². The fourth-order valence-corrected chi connectivity index (χ4v) is 4.74. The van der Waals surface area contributed by atoms with Gasteiger partial charge in [-0.1, -0.05) is 56.6 Å². The molecule has 7 nitrogen and oxygen atoms in total. The summed E-state index contributed by atoms with van der Waals surface area (Å²) in [5.74, 6) is -2.33. The SMILES string of the molecule is CC(C)(C)CCC(=O)c1ccc(CNc2c(Cl)ccc3c2CCNCC32OC(=O)CCC(=O)O2)cc1. The van der Waals surface area contributed by atoms with E-state index in [0.717, 1.165) is 17.5 Å². The maximum absolute atomic E-state index is 12.5. The summed E-state index contributed by atoms with van der Waals surface area (Å²) < 4.78 is 11.4. The van der Waals surface area contributed by atoms with Crippen molar-refractivity contribution in [3.63, 3.8) is 0 Å². The van der Waals surface area contributed by atoms with E-state index in [-0.39, 0.29) is 30.6 Å². The number of hydrogen-bond acceptors (Lipinski definition) is 7. The summed E-state index contributed by atoms with van der Waals surface area (Å²) in [6, 6.07) is 11.1. The molecule has 2 N–H and O–H groups in total. The van der Waals surface area contributed by atoms with Gasteiger partial charge in [0.05, 0.1) is 30.1 Å². The Morgan fingerprint density at radius 1 is 1.03 bits per heavy atom. The van der Waals surface area contributed by atoms with E-state index in [1.54, 1.807) is 12.1 Å². The van der Waals surface area contributed by atoms with Crippen LogP contribution in [0.2, 0.25) is 5.02 Å². The lowest BCUT2D eigenvalue weighted by Gasteiger charge is -2.32. The highest BCUT2D eigenvalue weighted by atomic mass is 35.5. The second-order valence-electron chi connectivity index (χ2n) is 10.6. The van der Waals surface area contributed by atoms with Crippen molar-refractivity contribution in [1.82, 2.24) is 5.32 Å². The first-order valence-corrected chi connectivity index (χ1v) is 12.8. The van der Waals surface area contributed by atoms with Crippen LogP contribution in [0.3, 0.4) is 0 Å². The standard InChI is InChI=1S/C28H33ClN2O5/c1-27(2,3)14-12-23(32)19-6-4-18(5-7-19)16-31-26-20-13-15-30-17-28(21(20)8-9-22(26)29)35-24(33)10-11-25(34)36-28/h4-9,30-31H,10-17H2,1-3H3. The Bertz CT molecular complexity index is 1140. The number of ketones is 1. The molecule has 4 rings (SSSR count). The largest absolute Gasteiger partial charge is 0.416 e. The minimum Gasteiger partial charge on any atom is -0.416 e. The van der Waals surface area contributed by atoms with Crippen LogP contribution in [-0.2, 0) is 37.8 Å². The topological polar surface area (TPSA) is 93.7 Å². The van der Waals surface area contributed by atoms with Gasteiger partial charge in [0.25, 0.3) is 5.79 Å². The van der Waals surface area contributed by atoms with Crippen LogP contribution in [0.25, 0.3) is 0 Å². The van der Waals surface area contributed by atoms with Gasteiger partial charge < -0.3 is 20.1 Å². The predicted octanol–water partition coefficient (Wildman–Crippen LogP) is 5.14. The highest BCUT2D eigenvalue weighted by molar-refractivity contribution is 6.33. The summed E-state index contributed by atoms with van der Waals surface area (Å²) in [7, 11) is 0. The second-order valence-corrected chi connectivity index (χ2v) is 11.0. The van der Waals surface area contributed by atoms with Crippen molar-refractivity contribution in [3.8, 4) is 0 Å². The Morgan fingerprint density at radius 2 is 1.69 bits per heavy atom. The molecule has 1 spiro atoms. The lowest BCUT2D eigenvalue weighted by atomic mass is 9.88. The molecular formula is C28H33ClN2O5. The van der Waals surface area contributed by atoms with Crippen LogP contribution < -0.4 is 10.6 Å². The number of carbonyl (C=O) groups is 3. The quantitative estimate of drug-likeness (QED) is 0.409. The van der Waals surface area contributed by atoms with Gasteiger partial charge in [-0.05, 0) is 48.1 Å². The van der Waals surface area contributed by atoms with E-state index in [9.17, 15) is 14.4 Å². The molecule has 0 radical (unpaired) electrons. The molecule has 2 aliphatic rings. The Labute approximate surface area is 216 Å². The number of halogens is 1. The lowest BCUT2D eigenvalue weighted by Crippen LogP contribution is -2.43. The number of ether oxygens (including phenoxy) is 2. The van der Waals surface area contributed by atoms with Gasteiger partial charge in [0.2, 0.25) is 0 Å². The molecule has 2 aliphatic heterocycles. The molecule has 36 heavy (non-hydrogen) atoms. The molecule has 192 valence electrons. The molecule has 8 heteroatoms. The molecule has 0 atom stereocenters. The molecule has 0 bridgehead atoms. The Morgan fingerprint density at radius 3 is 2.33 bits per heavy atom. The summed E-state index contributed by atoms with van der Waals surface area (Å²) in [5, 5.41) is 7.16. The monoisotopic (exact) mass is 512 g/mol. The van der Waals surface area contributed by atoms with Crippen molar-refractivity contribution in [2.45, 2.75) is 65.2 Å². The van der Waals surface area contributed by atoms with E-state index in [1.807, 2.05) is 24.3 Å². The molecule has 0 amide bonds. The number of carbonyl (C=O) groups excluding carboxylic acids is 3. The van der Waals surface area contributed by atoms with Gasteiger partial charge in [-0.15, -0.1) is 0 Å². The first kappa shape index (κ1) is 26.2. The average Bonchev–Trinajstić information content (AvgIpc) is 3.09. The first-order chi connectivity index (χ1) is 17.1. The van der Waals surface area contributed by atoms with Crippen molar-refractivity contribution in [1.29, 1.82) is 0 Å². The Hall–Kier alpha value is -2.90. The van der Waals surface area contributed by atoms with E-state index < -0.39 is 17.7 Å². The normalized spacial score (nSPS) is 17.4. The first-order valence-electron chi connectivity index (χ1n) is 12.4. The second kappa shape index (κ2) is 10.6. The van der Waals surface area contributed by atoms with Crippen molar-refractivity contribution in [2.75, 3.05) is 18.4 Å². The van der Waals surface area contributed by atoms with Gasteiger partial charge >= 0.3 is 11.9 Å². The molecule has 2 aromatic rings. The van der Waals surface area contributed by atoms with Crippen LogP contribution in [0.5, 0.6) is 0 Å². The zero-order chi connectivity index (χ0) is 25.9.